The van der Waals surface area contributed by atoms with Crippen molar-refractivity contribution in [3.8, 4) is 0 Å². The first kappa shape index (κ1) is 22.6. The fourth-order valence-corrected chi connectivity index (χ4v) is 2.49. The van der Waals surface area contributed by atoms with Crippen LogP contribution in [0.1, 0.15) is 31.9 Å². The van der Waals surface area contributed by atoms with Crippen LogP contribution in [0.2, 0.25) is 0 Å². The molecule has 0 atom stereocenters. The Morgan fingerprint density at radius 3 is 2.19 bits per heavy atom. The lowest BCUT2D eigenvalue weighted by Crippen LogP contribution is -2.48. The zero-order valence-corrected chi connectivity index (χ0v) is 17.5. The average molecular weight is 377 g/mol. The maximum atomic E-state index is 12.3. The van der Waals surface area contributed by atoms with Gasteiger partial charge < -0.3 is 15.5 Å². The average Bonchev–Trinajstić information content (AvgIpc) is 2.49. The molecule has 0 spiro atoms. The van der Waals surface area contributed by atoms with E-state index in [1.165, 1.54) is 4.90 Å². The van der Waals surface area contributed by atoms with Crippen LogP contribution in [0.15, 0.2) is 18.2 Å². The predicted molar refractivity (Wildman–Crippen MR) is 108 cm³/mol. The third-order valence-electron chi connectivity index (χ3n) is 4.02. The molecule has 0 radical (unpaired) electrons. The maximum Gasteiger partial charge on any atom is 0.240 e. The van der Waals surface area contributed by atoms with Crippen molar-refractivity contribution in [2.45, 2.75) is 40.2 Å². The van der Waals surface area contributed by atoms with Gasteiger partial charge in [-0.2, -0.15) is 0 Å². The van der Waals surface area contributed by atoms with E-state index >= 15 is 0 Å². The number of carbonyl (C=O) groups is 3. The van der Waals surface area contributed by atoms with Gasteiger partial charge >= 0.3 is 0 Å². The largest absolute Gasteiger partial charge is 0.350 e. The van der Waals surface area contributed by atoms with Gasteiger partial charge in [0.2, 0.25) is 17.7 Å². The molecule has 0 aromatic heterocycles. The minimum atomic E-state index is -0.343. The van der Waals surface area contributed by atoms with Crippen molar-refractivity contribution in [3.05, 3.63) is 29.3 Å². The molecule has 0 aliphatic rings. The fraction of sp³-hybridized carbons (Fsp3) is 0.550. The van der Waals surface area contributed by atoms with E-state index in [2.05, 4.69) is 10.6 Å². The van der Waals surface area contributed by atoms with Gasteiger partial charge in [-0.05, 0) is 58.9 Å². The summed E-state index contributed by atoms with van der Waals surface area (Å²) in [6.07, 6.45) is 0. The maximum absolute atomic E-state index is 12.3. The van der Waals surface area contributed by atoms with Crippen molar-refractivity contribution >= 4 is 23.4 Å². The SMILES string of the molecule is Cc1cccc(NC(=O)CN(C)CC(=O)N(C)CC(=O)NC(C)(C)C)c1C. The van der Waals surface area contributed by atoms with E-state index in [0.29, 0.717) is 0 Å². The Hall–Kier alpha value is -2.41. The number of likely N-dealkylation sites (N-methyl/N-ethyl adjacent to an activating group) is 2. The Balaban J connectivity index is 2.49. The lowest BCUT2D eigenvalue weighted by molar-refractivity contribution is -0.136. The molecule has 1 rings (SSSR count). The second-order valence-electron chi connectivity index (χ2n) is 8.02. The molecule has 150 valence electrons. The smallest absolute Gasteiger partial charge is 0.240 e. The molecule has 0 saturated carbocycles. The van der Waals surface area contributed by atoms with Crippen LogP contribution in [-0.2, 0) is 14.4 Å². The molecule has 7 heteroatoms. The Kier molecular flexibility index (Phi) is 7.97. The number of benzene rings is 1. The van der Waals surface area contributed by atoms with E-state index in [0.717, 1.165) is 16.8 Å². The summed E-state index contributed by atoms with van der Waals surface area (Å²) < 4.78 is 0. The van der Waals surface area contributed by atoms with Gasteiger partial charge in [-0.3, -0.25) is 19.3 Å². The van der Waals surface area contributed by atoms with Gasteiger partial charge in [-0.25, -0.2) is 0 Å². The summed E-state index contributed by atoms with van der Waals surface area (Å²) in [6, 6.07) is 5.73. The predicted octanol–water partition coefficient (Wildman–Crippen LogP) is 1.55. The molecule has 0 fully saturated rings. The van der Waals surface area contributed by atoms with Crippen molar-refractivity contribution in [2.75, 3.05) is 39.0 Å². The first-order valence-corrected chi connectivity index (χ1v) is 8.98. The molecule has 7 nitrogen and oxygen atoms in total. The minimum absolute atomic E-state index is 0.0153. The number of hydrogen-bond donors (Lipinski definition) is 2. The van der Waals surface area contributed by atoms with Crippen LogP contribution in [0.4, 0.5) is 5.69 Å². The Labute approximate surface area is 162 Å². The lowest BCUT2D eigenvalue weighted by atomic mass is 10.1. The van der Waals surface area contributed by atoms with Gasteiger partial charge in [0, 0.05) is 18.3 Å². The number of nitrogens with zero attached hydrogens (tertiary/aromatic N) is 2. The van der Waals surface area contributed by atoms with Gasteiger partial charge in [0.15, 0.2) is 0 Å². The second kappa shape index (κ2) is 9.50. The van der Waals surface area contributed by atoms with Crippen LogP contribution in [0.25, 0.3) is 0 Å². The summed E-state index contributed by atoms with van der Waals surface area (Å²) in [5.41, 5.74) is 2.56. The van der Waals surface area contributed by atoms with Crippen LogP contribution in [0.3, 0.4) is 0 Å². The molecule has 2 N–H and O–H groups in total. The minimum Gasteiger partial charge on any atom is -0.350 e. The first-order valence-electron chi connectivity index (χ1n) is 8.98. The van der Waals surface area contributed by atoms with Crippen molar-refractivity contribution in [2.24, 2.45) is 0 Å². The number of amides is 3. The lowest BCUT2D eigenvalue weighted by Gasteiger charge is -2.24. The van der Waals surface area contributed by atoms with Gasteiger partial charge in [0.1, 0.15) is 0 Å². The van der Waals surface area contributed by atoms with Crippen molar-refractivity contribution in [1.29, 1.82) is 0 Å². The molecule has 0 aliphatic carbocycles. The number of nitrogens with one attached hydrogen (secondary N) is 2. The molecular formula is C20H32N4O3. The summed E-state index contributed by atoms with van der Waals surface area (Å²) in [5.74, 6) is -0.623. The molecule has 0 bridgehead atoms. The monoisotopic (exact) mass is 376 g/mol. The molecular weight excluding hydrogens is 344 g/mol. The van der Waals surface area contributed by atoms with Crippen LogP contribution in [-0.4, -0.2) is 66.8 Å². The van der Waals surface area contributed by atoms with Crippen LogP contribution >= 0.6 is 0 Å². The van der Waals surface area contributed by atoms with E-state index in [1.54, 1.807) is 19.0 Å². The van der Waals surface area contributed by atoms with Gasteiger partial charge in [-0.1, -0.05) is 12.1 Å². The van der Waals surface area contributed by atoms with Crippen LogP contribution in [0.5, 0.6) is 0 Å². The fourth-order valence-electron chi connectivity index (χ4n) is 2.49. The Morgan fingerprint density at radius 1 is 0.963 bits per heavy atom. The topological polar surface area (TPSA) is 81.8 Å². The molecule has 1 aromatic carbocycles. The zero-order chi connectivity index (χ0) is 20.8. The van der Waals surface area contributed by atoms with Crippen molar-refractivity contribution in [1.82, 2.24) is 15.1 Å². The second-order valence-corrected chi connectivity index (χ2v) is 8.02. The van der Waals surface area contributed by atoms with E-state index in [1.807, 2.05) is 52.8 Å². The third-order valence-corrected chi connectivity index (χ3v) is 4.02. The number of anilines is 1. The summed E-state index contributed by atoms with van der Waals surface area (Å²) in [5, 5.41) is 5.69. The Bertz CT molecular complexity index is 695. The first-order chi connectivity index (χ1) is 12.4. The van der Waals surface area contributed by atoms with Crippen LogP contribution < -0.4 is 10.6 Å². The molecule has 3 amide bonds. The van der Waals surface area contributed by atoms with Gasteiger partial charge in [0.05, 0.1) is 19.6 Å². The number of aryl methyl sites for hydroxylation is 1. The zero-order valence-electron chi connectivity index (χ0n) is 17.5. The molecule has 0 heterocycles. The number of carbonyl (C=O) groups excluding carboxylic acids is 3. The quantitative estimate of drug-likeness (QED) is 0.756. The molecule has 1 aromatic rings. The highest BCUT2D eigenvalue weighted by Gasteiger charge is 2.19. The highest BCUT2D eigenvalue weighted by Crippen LogP contribution is 2.17. The summed E-state index contributed by atoms with van der Waals surface area (Å²) in [6.45, 7) is 9.72. The molecule has 27 heavy (non-hydrogen) atoms. The van der Waals surface area contributed by atoms with E-state index < -0.39 is 0 Å². The Morgan fingerprint density at radius 2 is 1.59 bits per heavy atom. The highest BCUT2D eigenvalue weighted by molar-refractivity contribution is 5.93. The number of hydrogen-bond acceptors (Lipinski definition) is 4. The highest BCUT2D eigenvalue weighted by atomic mass is 16.2. The summed E-state index contributed by atoms with van der Waals surface area (Å²) in [4.78, 5) is 39.4. The molecule has 0 unspecified atom stereocenters. The third kappa shape index (κ3) is 8.21. The van der Waals surface area contributed by atoms with Gasteiger partial charge in [0.25, 0.3) is 0 Å². The van der Waals surface area contributed by atoms with Crippen molar-refractivity contribution < 1.29 is 14.4 Å². The summed E-state index contributed by atoms with van der Waals surface area (Å²) >= 11 is 0. The standard InChI is InChI=1S/C20H32N4O3/c1-14-9-8-10-16(15(14)2)21-17(25)11-23(6)13-19(27)24(7)12-18(26)22-20(3,4)5/h8-10H,11-13H2,1-7H3,(H,21,25)(H,22,26). The normalized spacial score (nSPS) is 11.3. The van der Waals surface area contributed by atoms with E-state index in [9.17, 15) is 14.4 Å². The number of rotatable bonds is 7. The summed E-state index contributed by atoms with van der Waals surface area (Å²) in [7, 11) is 3.28. The van der Waals surface area contributed by atoms with Crippen molar-refractivity contribution in [3.63, 3.8) is 0 Å². The van der Waals surface area contributed by atoms with Gasteiger partial charge in [-0.15, -0.1) is 0 Å². The molecule has 0 saturated heterocycles. The van der Waals surface area contributed by atoms with Crippen LogP contribution in [0, 0.1) is 13.8 Å². The van der Waals surface area contributed by atoms with E-state index in [4.69, 9.17) is 0 Å². The van der Waals surface area contributed by atoms with E-state index in [-0.39, 0.29) is 42.9 Å². The molecule has 0 aliphatic heterocycles.